The van der Waals surface area contributed by atoms with Crippen molar-refractivity contribution in [2.75, 3.05) is 7.11 Å². The van der Waals surface area contributed by atoms with Crippen molar-refractivity contribution in [3.63, 3.8) is 0 Å². The van der Waals surface area contributed by atoms with E-state index in [4.69, 9.17) is 4.42 Å². The van der Waals surface area contributed by atoms with Crippen LogP contribution < -0.4 is 5.63 Å². The Hall–Kier alpha value is -3.41. The summed E-state index contributed by atoms with van der Waals surface area (Å²) >= 11 is 0. The van der Waals surface area contributed by atoms with E-state index in [-0.39, 0.29) is 29.6 Å². The summed E-state index contributed by atoms with van der Waals surface area (Å²) in [5.41, 5.74) is 1.23. The molecule has 1 unspecified atom stereocenters. The lowest BCUT2D eigenvalue weighted by molar-refractivity contribution is -0.139. The number of hydrogen-bond donors (Lipinski definition) is 1. The Morgan fingerprint density at radius 3 is 2.49 bits per heavy atom. The Kier molecular flexibility index (Phi) is 11.2. The first-order valence-electron chi connectivity index (χ1n) is 12.2. The molecule has 6 nitrogen and oxygen atoms in total. The molecule has 0 spiro atoms. The summed E-state index contributed by atoms with van der Waals surface area (Å²) in [5.74, 6) is -1.10. The first-order chi connectivity index (χ1) is 16.8. The minimum atomic E-state index is -0.850. The van der Waals surface area contributed by atoms with Gasteiger partial charge in [-0.2, -0.15) is 0 Å². The van der Waals surface area contributed by atoms with Gasteiger partial charge in [-0.1, -0.05) is 63.1 Å². The van der Waals surface area contributed by atoms with E-state index in [1.165, 1.54) is 31.6 Å². The molecule has 0 aliphatic rings. The van der Waals surface area contributed by atoms with Crippen LogP contribution in [0.25, 0.3) is 6.08 Å². The minimum Gasteiger partial charge on any atom is -0.507 e. The molecule has 0 saturated heterocycles. The summed E-state index contributed by atoms with van der Waals surface area (Å²) in [6.45, 7) is 5.66. The van der Waals surface area contributed by atoms with Crippen LogP contribution in [-0.4, -0.2) is 24.0 Å². The van der Waals surface area contributed by atoms with Gasteiger partial charge in [-0.3, -0.25) is 9.59 Å². The molecule has 1 aromatic heterocycles. The fraction of sp³-hybridized carbons (Fsp3) is 0.414. The van der Waals surface area contributed by atoms with Gasteiger partial charge in [-0.25, -0.2) is 4.79 Å². The van der Waals surface area contributed by atoms with Gasteiger partial charge in [-0.15, -0.1) is 0 Å². The fourth-order valence-electron chi connectivity index (χ4n) is 3.69. The number of carbonyl (C=O) groups excluding carboxylic acids is 2. The molecule has 0 saturated carbocycles. The van der Waals surface area contributed by atoms with Gasteiger partial charge < -0.3 is 14.3 Å². The van der Waals surface area contributed by atoms with Crippen molar-refractivity contribution >= 4 is 17.8 Å². The molecule has 2 rings (SSSR count). The SMILES string of the molecule is CCCCCc1ccc(C=C(C)C(=O)c2c(O)cc(C(C)CC/C=C/CC(=O)OC)oc2=O)cc1. The van der Waals surface area contributed by atoms with E-state index in [2.05, 4.69) is 11.7 Å². The highest BCUT2D eigenvalue weighted by atomic mass is 16.5. The lowest BCUT2D eigenvalue weighted by Crippen LogP contribution is -2.16. The van der Waals surface area contributed by atoms with Crippen LogP contribution in [0.2, 0.25) is 0 Å². The topological polar surface area (TPSA) is 93.8 Å². The maximum absolute atomic E-state index is 12.9. The molecule has 1 aromatic carbocycles. The van der Waals surface area contributed by atoms with Crippen molar-refractivity contribution in [1.29, 1.82) is 0 Å². The van der Waals surface area contributed by atoms with Crippen molar-refractivity contribution in [1.82, 2.24) is 0 Å². The second-order valence-corrected chi connectivity index (χ2v) is 8.78. The number of aryl methyl sites for hydroxylation is 1. The van der Waals surface area contributed by atoms with Gasteiger partial charge in [0.1, 0.15) is 17.1 Å². The zero-order valence-corrected chi connectivity index (χ0v) is 21.1. The van der Waals surface area contributed by atoms with Gasteiger partial charge in [0.05, 0.1) is 13.5 Å². The Labute approximate surface area is 207 Å². The van der Waals surface area contributed by atoms with Gasteiger partial charge in [-0.05, 0) is 55.4 Å². The zero-order valence-electron chi connectivity index (χ0n) is 21.1. The molecule has 2 aromatic rings. The molecule has 6 heteroatoms. The highest BCUT2D eigenvalue weighted by molar-refractivity contribution is 6.12. The van der Waals surface area contributed by atoms with Gasteiger partial charge in [0.2, 0.25) is 0 Å². The van der Waals surface area contributed by atoms with Crippen molar-refractivity contribution in [3.05, 3.63) is 80.9 Å². The molecule has 1 heterocycles. The van der Waals surface area contributed by atoms with Crippen LogP contribution in [0.15, 0.2) is 57.3 Å². The fourth-order valence-corrected chi connectivity index (χ4v) is 3.69. The smallest absolute Gasteiger partial charge is 0.351 e. The van der Waals surface area contributed by atoms with Crippen molar-refractivity contribution in [2.24, 2.45) is 0 Å². The number of methoxy groups -OCH3 is 1. The van der Waals surface area contributed by atoms with E-state index < -0.39 is 11.4 Å². The van der Waals surface area contributed by atoms with E-state index in [0.29, 0.717) is 24.2 Å². The minimum absolute atomic E-state index is 0.159. The number of ketones is 1. The number of Topliss-reactive ketones (excluding diaryl/α,β-unsaturated/α-hetero) is 1. The molecule has 0 aliphatic heterocycles. The largest absolute Gasteiger partial charge is 0.507 e. The van der Waals surface area contributed by atoms with Crippen LogP contribution in [0.3, 0.4) is 0 Å². The van der Waals surface area contributed by atoms with Crippen LogP contribution >= 0.6 is 0 Å². The Morgan fingerprint density at radius 1 is 1.14 bits per heavy atom. The number of ether oxygens (including phenoxy) is 1. The average Bonchev–Trinajstić information content (AvgIpc) is 2.84. The number of carbonyl (C=O) groups is 2. The average molecular weight is 481 g/mol. The van der Waals surface area contributed by atoms with Crippen LogP contribution in [0.1, 0.15) is 92.5 Å². The summed E-state index contributed by atoms with van der Waals surface area (Å²) in [6, 6.07) is 9.34. The normalized spacial score (nSPS) is 12.6. The number of allylic oxidation sites excluding steroid dienone is 2. The second kappa shape index (κ2) is 14.1. The predicted molar refractivity (Wildman–Crippen MR) is 138 cm³/mol. The Morgan fingerprint density at radius 2 is 1.86 bits per heavy atom. The molecular formula is C29H36O6. The maximum Gasteiger partial charge on any atom is 0.351 e. The number of unbranched alkanes of at least 4 members (excludes halogenated alkanes) is 2. The van der Waals surface area contributed by atoms with Gasteiger partial charge in [0.15, 0.2) is 5.78 Å². The number of esters is 1. The molecule has 1 N–H and O–H groups in total. The van der Waals surface area contributed by atoms with E-state index in [1.807, 2.05) is 37.3 Å². The highest BCUT2D eigenvalue weighted by Gasteiger charge is 2.22. The third kappa shape index (κ3) is 8.71. The zero-order chi connectivity index (χ0) is 25.8. The molecule has 35 heavy (non-hydrogen) atoms. The molecule has 1 atom stereocenters. The summed E-state index contributed by atoms with van der Waals surface area (Å²) in [7, 11) is 1.34. The summed E-state index contributed by atoms with van der Waals surface area (Å²) in [5, 5.41) is 10.5. The third-order valence-electron chi connectivity index (χ3n) is 5.90. The van der Waals surface area contributed by atoms with Gasteiger partial charge in [0, 0.05) is 12.0 Å². The monoisotopic (exact) mass is 480 g/mol. The molecule has 0 fully saturated rings. The van der Waals surface area contributed by atoms with Crippen LogP contribution in [0.4, 0.5) is 0 Å². The summed E-state index contributed by atoms with van der Waals surface area (Å²) in [4.78, 5) is 36.6. The van der Waals surface area contributed by atoms with Crippen molar-refractivity contribution in [2.45, 2.75) is 71.6 Å². The quantitative estimate of drug-likeness (QED) is 0.118. The van der Waals surface area contributed by atoms with Gasteiger partial charge >= 0.3 is 11.6 Å². The van der Waals surface area contributed by atoms with Crippen molar-refractivity contribution in [3.8, 4) is 5.75 Å². The van der Waals surface area contributed by atoms with Gasteiger partial charge in [0.25, 0.3) is 0 Å². The number of hydrogen-bond acceptors (Lipinski definition) is 6. The number of rotatable bonds is 13. The van der Waals surface area contributed by atoms with E-state index >= 15 is 0 Å². The van der Waals surface area contributed by atoms with Crippen LogP contribution in [-0.2, 0) is 16.0 Å². The summed E-state index contributed by atoms with van der Waals surface area (Å²) < 4.78 is 9.96. The molecule has 188 valence electrons. The molecule has 0 radical (unpaired) electrons. The molecular weight excluding hydrogens is 444 g/mol. The third-order valence-corrected chi connectivity index (χ3v) is 5.90. The molecule has 0 aliphatic carbocycles. The Balaban J connectivity index is 2.07. The Bertz CT molecular complexity index is 1100. The first-order valence-corrected chi connectivity index (χ1v) is 12.2. The maximum atomic E-state index is 12.9. The second-order valence-electron chi connectivity index (χ2n) is 8.78. The summed E-state index contributed by atoms with van der Waals surface area (Å²) in [6.07, 6.45) is 11.3. The lowest BCUT2D eigenvalue weighted by Gasteiger charge is -2.11. The van der Waals surface area contributed by atoms with Crippen LogP contribution in [0, 0.1) is 0 Å². The predicted octanol–water partition coefficient (Wildman–Crippen LogP) is 6.37. The molecule has 0 amide bonds. The van der Waals surface area contributed by atoms with E-state index in [0.717, 1.165) is 18.4 Å². The van der Waals surface area contributed by atoms with E-state index in [1.54, 1.807) is 19.1 Å². The lowest BCUT2D eigenvalue weighted by atomic mass is 9.99. The number of aromatic hydroxyl groups is 1. The number of benzene rings is 1. The van der Waals surface area contributed by atoms with E-state index in [9.17, 15) is 19.5 Å². The highest BCUT2D eigenvalue weighted by Crippen LogP contribution is 2.26. The molecule has 0 bridgehead atoms. The van der Waals surface area contributed by atoms with Crippen molar-refractivity contribution < 1.29 is 23.8 Å². The standard InChI is InChI=1S/C29H36O6/c1-5-6-8-12-22-14-16-23(17-15-22)18-21(3)28(32)27-24(30)19-25(35-29(27)33)20(2)11-9-7-10-13-26(31)34-4/h7,10,14-20,30H,5-6,8-9,11-13H2,1-4H3/b10-7+,21-18?. The van der Waals surface area contributed by atoms with Crippen LogP contribution in [0.5, 0.6) is 5.75 Å². The first kappa shape index (κ1) is 27.8.